The minimum atomic E-state index is -0.747. The van der Waals surface area contributed by atoms with Crippen molar-refractivity contribution in [2.24, 2.45) is 5.73 Å². The fourth-order valence-electron chi connectivity index (χ4n) is 1.78. The Morgan fingerprint density at radius 3 is 2.60 bits per heavy atom. The molecule has 4 nitrogen and oxygen atoms in total. The summed E-state index contributed by atoms with van der Waals surface area (Å²) in [5.74, 6) is -0.648. The van der Waals surface area contributed by atoms with Gasteiger partial charge in [0, 0.05) is 5.69 Å². The maximum Gasteiger partial charge on any atom is 0.241 e. The van der Waals surface area contributed by atoms with Gasteiger partial charge in [-0.2, -0.15) is 0 Å². The first-order chi connectivity index (χ1) is 9.54. The molecule has 104 valence electrons. The predicted molar refractivity (Wildman–Crippen MR) is 74.8 cm³/mol. The number of phenolic OH excluding ortho intramolecular Hbond substituents is 1. The quantitative estimate of drug-likeness (QED) is 0.798. The zero-order valence-electron chi connectivity index (χ0n) is 10.7. The molecule has 0 radical (unpaired) electrons. The Hall–Kier alpha value is -2.40. The highest BCUT2D eigenvalue weighted by Crippen LogP contribution is 2.12. The van der Waals surface area contributed by atoms with Gasteiger partial charge >= 0.3 is 0 Å². The molecule has 0 saturated heterocycles. The lowest BCUT2D eigenvalue weighted by Crippen LogP contribution is -2.37. The molecule has 0 aliphatic heterocycles. The second-order valence-electron chi connectivity index (χ2n) is 4.48. The number of carbonyl (C=O) groups is 1. The van der Waals surface area contributed by atoms with Crippen LogP contribution < -0.4 is 11.1 Å². The van der Waals surface area contributed by atoms with E-state index < -0.39 is 11.9 Å². The number of aromatic hydroxyl groups is 1. The molecule has 0 bridgehead atoms. The third kappa shape index (κ3) is 3.80. The number of amides is 1. The van der Waals surface area contributed by atoms with Gasteiger partial charge in [-0.25, -0.2) is 4.39 Å². The van der Waals surface area contributed by atoms with Gasteiger partial charge in [0.2, 0.25) is 5.91 Å². The summed E-state index contributed by atoms with van der Waals surface area (Å²) in [7, 11) is 0. The Morgan fingerprint density at radius 2 is 1.95 bits per heavy atom. The van der Waals surface area contributed by atoms with E-state index in [4.69, 9.17) is 5.73 Å². The number of benzene rings is 2. The number of halogens is 1. The molecule has 0 aromatic heterocycles. The first kappa shape index (κ1) is 14.0. The van der Waals surface area contributed by atoms with Crippen LogP contribution in [0.4, 0.5) is 10.1 Å². The van der Waals surface area contributed by atoms with Gasteiger partial charge in [0.15, 0.2) is 0 Å². The molecule has 4 N–H and O–H groups in total. The predicted octanol–water partition coefficient (Wildman–Crippen LogP) is 2.04. The summed E-state index contributed by atoms with van der Waals surface area (Å²) in [6.07, 6.45) is 0.335. The Balaban J connectivity index is 1.96. The molecule has 5 heteroatoms. The molecule has 2 rings (SSSR count). The first-order valence-corrected chi connectivity index (χ1v) is 6.14. The lowest BCUT2D eigenvalue weighted by Gasteiger charge is -2.12. The monoisotopic (exact) mass is 274 g/mol. The van der Waals surface area contributed by atoms with Crippen molar-refractivity contribution in [3.63, 3.8) is 0 Å². The van der Waals surface area contributed by atoms with Crippen LogP contribution in [-0.2, 0) is 11.2 Å². The van der Waals surface area contributed by atoms with Gasteiger partial charge in [0.1, 0.15) is 11.6 Å². The van der Waals surface area contributed by atoms with Gasteiger partial charge < -0.3 is 16.2 Å². The average molecular weight is 274 g/mol. The van der Waals surface area contributed by atoms with Crippen molar-refractivity contribution >= 4 is 11.6 Å². The second kappa shape index (κ2) is 6.16. The number of carbonyl (C=O) groups excluding carboxylic acids is 1. The number of nitrogens with one attached hydrogen (secondary N) is 1. The number of anilines is 1. The molecule has 0 saturated carbocycles. The topological polar surface area (TPSA) is 75.3 Å². The maximum atomic E-state index is 13.0. The molecule has 0 unspecified atom stereocenters. The molecule has 2 aromatic rings. The van der Waals surface area contributed by atoms with E-state index in [-0.39, 0.29) is 11.7 Å². The summed E-state index contributed by atoms with van der Waals surface area (Å²) in [6.45, 7) is 0. The molecule has 20 heavy (non-hydrogen) atoms. The Labute approximate surface area is 116 Å². The van der Waals surface area contributed by atoms with Gasteiger partial charge in [-0.15, -0.1) is 0 Å². The van der Waals surface area contributed by atoms with Crippen molar-refractivity contribution in [1.82, 2.24) is 0 Å². The van der Waals surface area contributed by atoms with Gasteiger partial charge in [0.25, 0.3) is 0 Å². The van der Waals surface area contributed by atoms with Crippen LogP contribution in [0.1, 0.15) is 5.56 Å². The van der Waals surface area contributed by atoms with Gasteiger partial charge in [0.05, 0.1) is 6.04 Å². The molecule has 0 heterocycles. The van der Waals surface area contributed by atoms with Crippen molar-refractivity contribution in [3.8, 4) is 5.75 Å². The highest BCUT2D eigenvalue weighted by Gasteiger charge is 2.14. The minimum Gasteiger partial charge on any atom is -0.508 e. The Bertz CT molecular complexity index is 599. The summed E-state index contributed by atoms with van der Waals surface area (Å²) >= 11 is 0. The van der Waals surface area contributed by atoms with E-state index in [9.17, 15) is 14.3 Å². The molecule has 0 spiro atoms. The van der Waals surface area contributed by atoms with Gasteiger partial charge in [-0.1, -0.05) is 18.2 Å². The van der Waals surface area contributed by atoms with E-state index in [1.54, 1.807) is 18.2 Å². The van der Waals surface area contributed by atoms with E-state index in [2.05, 4.69) is 5.32 Å². The number of hydrogen-bond donors (Lipinski definition) is 3. The van der Waals surface area contributed by atoms with Gasteiger partial charge in [-0.3, -0.25) is 4.79 Å². The molecular weight excluding hydrogens is 259 g/mol. The third-order valence-corrected chi connectivity index (χ3v) is 2.82. The van der Waals surface area contributed by atoms with E-state index >= 15 is 0 Å². The normalized spacial score (nSPS) is 11.9. The zero-order valence-corrected chi connectivity index (χ0v) is 10.7. The zero-order chi connectivity index (χ0) is 14.5. The van der Waals surface area contributed by atoms with Crippen LogP contribution in [0.25, 0.3) is 0 Å². The van der Waals surface area contributed by atoms with Crippen LogP contribution in [-0.4, -0.2) is 17.1 Å². The van der Waals surface area contributed by atoms with E-state index in [1.165, 1.54) is 30.3 Å². The lowest BCUT2D eigenvalue weighted by atomic mass is 10.1. The fraction of sp³-hybridized carbons (Fsp3) is 0.133. The molecule has 0 aliphatic carbocycles. The van der Waals surface area contributed by atoms with Crippen LogP contribution in [0.15, 0.2) is 48.5 Å². The fourth-order valence-corrected chi connectivity index (χ4v) is 1.78. The molecule has 0 fully saturated rings. The molecule has 1 atom stereocenters. The Kier molecular flexibility index (Phi) is 4.32. The van der Waals surface area contributed by atoms with Crippen molar-refractivity contribution in [3.05, 3.63) is 59.9 Å². The number of rotatable bonds is 4. The van der Waals surface area contributed by atoms with E-state index in [0.717, 1.165) is 5.56 Å². The van der Waals surface area contributed by atoms with Crippen LogP contribution >= 0.6 is 0 Å². The number of phenols is 1. The van der Waals surface area contributed by atoms with Crippen LogP contribution in [0.2, 0.25) is 0 Å². The SMILES string of the molecule is N[C@@H](Cc1ccc(O)cc1)C(=O)Nc1cccc(F)c1. The van der Waals surface area contributed by atoms with Crippen molar-refractivity contribution < 1.29 is 14.3 Å². The largest absolute Gasteiger partial charge is 0.508 e. The molecule has 0 aliphatic rings. The minimum absolute atomic E-state index is 0.159. The summed E-state index contributed by atoms with van der Waals surface area (Å²) in [5.41, 5.74) is 7.01. The number of hydrogen-bond acceptors (Lipinski definition) is 3. The van der Waals surface area contributed by atoms with Crippen molar-refractivity contribution in [1.29, 1.82) is 0 Å². The highest BCUT2D eigenvalue weighted by atomic mass is 19.1. The average Bonchev–Trinajstić information content (AvgIpc) is 2.41. The van der Waals surface area contributed by atoms with E-state index in [0.29, 0.717) is 12.1 Å². The first-order valence-electron chi connectivity index (χ1n) is 6.14. The molecule has 1 amide bonds. The van der Waals surface area contributed by atoms with Crippen LogP contribution in [0.3, 0.4) is 0 Å². The number of nitrogens with two attached hydrogens (primary N) is 1. The summed E-state index contributed by atoms with van der Waals surface area (Å²) in [4.78, 5) is 11.9. The lowest BCUT2D eigenvalue weighted by molar-refractivity contribution is -0.117. The highest BCUT2D eigenvalue weighted by molar-refractivity contribution is 5.94. The second-order valence-corrected chi connectivity index (χ2v) is 4.48. The van der Waals surface area contributed by atoms with Crippen molar-refractivity contribution in [2.75, 3.05) is 5.32 Å². The maximum absolute atomic E-state index is 13.0. The van der Waals surface area contributed by atoms with Crippen LogP contribution in [0, 0.1) is 5.82 Å². The van der Waals surface area contributed by atoms with Gasteiger partial charge in [-0.05, 0) is 42.3 Å². The van der Waals surface area contributed by atoms with E-state index in [1.807, 2.05) is 0 Å². The molecule has 2 aromatic carbocycles. The summed E-state index contributed by atoms with van der Waals surface area (Å²) in [6, 6.07) is 11.3. The third-order valence-electron chi connectivity index (χ3n) is 2.82. The Morgan fingerprint density at radius 1 is 1.25 bits per heavy atom. The molecular formula is C15H15FN2O2. The van der Waals surface area contributed by atoms with Crippen LogP contribution in [0.5, 0.6) is 5.75 Å². The smallest absolute Gasteiger partial charge is 0.241 e. The standard InChI is InChI=1S/C15H15FN2O2/c16-11-2-1-3-12(9-11)18-15(20)14(17)8-10-4-6-13(19)7-5-10/h1-7,9,14,19H,8,17H2,(H,18,20)/t14-/m0/s1. The summed E-state index contributed by atoms with van der Waals surface area (Å²) < 4.78 is 13.0. The summed E-state index contributed by atoms with van der Waals surface area (Å²) in [5, 5.41) is 11.7. The van der Waals surface area contributed by atoms with Crippen molar-refractivity contribution in [2.45, 2.75) is 12.5 Å².